The Morgan fingerprint density at radius 3 is 2.44 bits per heavy atom. The molecule has 2 aromatic rings. The van der Waals surface area contributed by atoms with E-state index in [1.54, 1.807) is 18.2 Å². The highest BCUT2D eigenvalue weighted by molar-refractivity contribution is 8.00. The number of aromatic hydroxyl groups is 1. The molecule has 3 aliphatic heterocycles. The second-order valence-corrected chi connectivity index (χ2v) is 13.9. The fraction of sp³-hybridized carbons (Fsp3) is 0.378. The lowest BCUT2D eigenvalue weighted by Gasteiger charge is -2.17. The van der Waals surface area contributed by atoms with Crippen LogP contribution in [-0.2, 0) is 14.3 Å². The maximum absolute atomic E-state index is 12.9. The molecule has 14 nitrogen and oxygen atoms in total. The number of phenolic OH excluding ortho intramolecular Hbond substituents is 1. The summed E-state index contributed by atoms with van der Waals surface area (Å²) in [7, 11) is 0. The van der Waals surface area contributed by atoms with Gasteiger partial charge in [-0.15, -0.1) is 0 Å². The molecule has 2 saturated heterocycles. The van der Waals surface area contributed by atoms with Crippen LogP contribution in [0.25, 0.3) is 33.4 Å². The van der Waals surface area contributed by atoms with E-state index >= 15 is 0 Å². The normalized spacial score (nSPS) is 17.8. The van der Waals surface area contributed by atoms with Crippen molar-refractivity contribution in [3.8, 4) is 28.2 Å². The number of ether oxygens (including phenoxy) is 2. The first kappa shape index (κ1) is 36.7. The summed E-state index contributed by atoms with van der Waals surface area (Å²) in [5.41, 5.74) is 1.29. The first-order valence-electron chi connectivity index (χ1n) is 17.1. The summed E-state index contributed by atoms with van der Waals surface area (Å²) in [5.74, 6) is -0.652. The van der Waals surface area contributed by atoms with Gasteiger partial charge in [0.2, 0.25) is 5.91 Å². The van der Waals surface area contributed by atoms with Crippen molar-refractivity contribution >= 4 is 46.5 Å². The first-order chi connectivity index (χ1) is 25.2. The van der Waals surface area contributed by atoms with E-state index in [1.807, 2.05) is 11.8 Å². The molecule has 1 aliphatic carbocycles. The third-order valence-electron chi connectivity index (χ3n) is 9.01. The fourth-order valence-corrected chi connectivity index (χ4v) is 8.06. The Bertz CT molecular complexity index is 1980. The number of nitrogens with one attached hydrogen (secondary N) is 4. The molecule has 0 radical (unpaired) electrons. The first-order valence-corrected chi connectivity index (χ1v) is 18.2. The summed E-state index contributed by atoms with van der Waals surface area (Å²) in [5, 5.41) is 32.6. The van der Waals surface area contributed by atoms with Gasteiger partial charge in [-0.1, -0.05) is 12.5 Å². The van der Waals surface area contributed by atoms with Crippen LogP contribution in [0.1, 0.15) is 46.4 Å². The Morgan fingerprint density at radius 1 is 0.885 bits per heavy atom. The molecule has 4 amide bonds. The number of carbonyl (C=O) groups excluding carboxylic acids is 3. The molecule has 4 aliphatic rings. The van der Waals surface area contributed by atoms with Crippen LogP contribution in [0, 0.1) is 0 Å². The molecule has 6 rings (SSSR count). The number of urea groups is 1. The molecule has 0 saturated carbocycles. The summed E-state index contributed by atoms with van der Waals surface area (Å²) >= 11 is 1.87. The quantitative estimate of drug-likeness (QED) is 0.0526. The average molecular weight is 733 g/mol. The summed E-state index contributed by atoms with van der Waals surface area (Å²) in [6.45, 7) is 1.72. The third-order valence-corrected chi connectivity index (χ3v) is 10.5. The smallest absolute Gasteiger partial charge is 0.336 e. The Balaban J connectivity index is 0.893. The monoisotopic (exact) mass is 732 g/mol. The molecule has 15 heteroatoms. The highest BCUT2D eigenvalue weighted by atomic mass is 32.2. The number of aromatic carboxylic acids is 1. The van der Waals surface area contributed by atoms with Gasteiger partial charge >= 0.3 is 12.0 Å². The number of benzene rings is 3. The lowest BCUT2D eigenvalue weighted by Crippen LogP contribution is -2.36. The minimum absolute atomic E-state index is 0.0217. The minimum Gasteiger partial charge on any atom is -0.508 e. The van der Waals surface area contributed by atoms with Gasteiger partial charge in [0.15, 0.2) is 5.43 Å². The van der Waals surface area contributed by atoms with E-state index in [0.29, 0.717) is 53.5 Å². The van der Waals surface area contributed by atoms with Gasteiger partial charge in [-0.2, -0.15) is 11.8 Å². The van der Waals surface area contributed by atoms with E-state index in [9.17, 15) is 34.2 Å². The molecule has 52 heavy (non-hydrogen) atoms. The van der Waals surface area contributed by atoms with Crippen molar-refractivity contribution in [2.75, 3.05) is 45.3 Å². The number of fused-ring (bicyclic) bond motifs is 3. The zero-order valence-corrected chi connectivity index (χ0v) is 29.1. The van der Waals surface area contributed by atoms with Gasteiger partial charge in [0.25, 0.3) is 5.91 Å². The number of hydrogen-bond acceptors (Lipinski definition) is 10. The number of thioether (sulfide) groups is 1. The number of rotatable bonds is 17. The van der Waals surface area contributed by atoms with Gasteiger partial charge < -0.3 is 45.4 Å². The van der Waals surface area contributed by atoms with Crippen LogP contribution in [0.4, 0.5) is 4.79 Å². The van der Waals surface area contributed by atoms with Crippen molar-refractivity contribution in [2.45, 2.75) is 43.0 Å². The highest BCUT2D eigenvalue weighted by Gasteiger charge is 2.42. The molecule has 3 atom stereocenters. The number of carbonyl (C=O) groups is 4. The Morgan fingerprint density at radius 2 is 1.65 bits per heavy atom. The zero-order chi connectivity index (χ0) is 36.6. The Hall–Kier alpha value is -5.12. The van der Waals surface area contributed by atoms with Crippen molar-refractivity contribution in [2.24, 2.45) is 0 Å². The maximum atomic E-state index is 12.9. The van der Waals surface area contributed by atoms with Gasteiger partial charge in [-0.3, -0.25) is 14.4 Å². The van der Waals surface area contributed by atoms with E-state index in [1.165, 1.54) is 36.4 Å². The molecule has 6 N–H and O–H groups in total. The number of carboxylic acids is 1. The van der Waals surface area contributed by atoms with E-state index in [2.05, 4.69) is 21.3 Å². The van der Waals surface area contributed by atoms with E-state index in [-0.39, 0.29) is 77.4 Å². The number of carboxylic acid groups (broad SMARTS) is 1. The number of hydrogen-bond donors (Lipinski definition) is 6. The van der Waals surface area contributed by atoms with E-state index in [0.717, 1.165) is 25.0 Å². The lowest BCUT2D eigenvalue weighted by atomic mass is 9.90. The summed E-state index contributed by atoms with van der Waals surface area (Å²) in [6, 6.07) is 13.3. The van der Waals surface area contributed by atoms with E-state index in [4.69, 9.17) is 13.9 Å². The molecule has 0 unspecified atom stereocenters. The van der Waals surface area contributed by atoms with Gasteiger partial charge in [-0.05, 0) is 54.8 Å². The fourth-order valence-electron chi connectivity index (χ4n) is 6.52. The van der Waals surface area contributed by atoms with Crippen LogP contribution >= 0.6 is 11.8 Å². The number of phenols is 1. The summed E-state index contributed by atoms with van der Waals surface area (Å²) in [6.07, 6.45) is 3.12. The van der Waals surface area contributed by atoms with E-state index < -0.39 is 11.9 Å². The predicted molar refractivity (Wildman–Crippen MR) is 194 cm³/mol. The Labute approximate surface area is 303 Å². The van der Waals surface area contributed by atoms with Crippen molar-refractivity contribution < 1.29 is 43.3 Å². The highest BCUT2D eigenvalue weighted by Crippen LogP contribution is 2.42. The molecule has 2 fully saturated rings. The second-order valence-electron chi connectivity index (χ2n) is 12.6. The second kappa shape index (κ2) is 16.9. The SMILES string of the molecule is O=C(CCCC[C@@H]1SC[C@@H]2NC(=O)N[C@@H]21)NCCOCCOCCNC(=O)c1ccc(-c2c3ccc(=O)cc-3oc3cc(O)ccc23)c(C(=O)O)c1. The largest absolute Gasteiger partial charge is 0.508 e. The van der Waals surface area contributed by atoms with Crippen molar-refractivity contribution in [3.63, 3.8) is 0 Å². The van der Waals surface area contributed by atoms with Gasteiger partial charge in [0, 0.05) is 64.7 Å². The topological polar surface area (TPSA) is 206 Å². The standard InChI is InChI=1S/C37H40N4O10S/c42-22-6-9-25-29(18-22)51-30-19-23(43)7-10-26(30)33(25)24-8-5-21(17-27(24)36(46)47)35(45)39-12-14-50-16-15-49-13-11-38-32(44)4-2-1-3-31-34-28(20-52-31)40-37(48)41-34/h5-10,17-19,28,31,34,42H,1-4,11-16,20H2,(H,38,44)(H,39,45)(H,46,47)(H2,40,41,48)/t28-,31-,34-/m0/s1. The van der Waals surface area contributed by atoms with Crippen LogP contribution in [0.15, 0.2) is 63.8 Å². The molecule has 2 aromatic carbocycles. The molecule has 0 bridgehead atoms. The van der Waals surface area contributed by atoms with Crippen molar-refractivity contribution in [1.29, 1.82) is 0 Å². The molecular formula is C37H40N4O10S. The number of amides is 4. The van der Waals surface area contributed by atoms with Crippen LogP contribution in [-0.4, -0.2) is 96.6 Å². The molecule has 0 spiro atoms. The van der Waals surface area contributed by atoms with Crippen LogP contribution in [0.2, 0.25) is 0 Å². The van der Waals surface area contributed by atoms with Crippen molar-refractivity contribution in [1.82, 2.24) is 21.3 Å². The molecule has 3 heterocycles. The summed E-state index contributed by atoms with van der Waals surface area (Å²) < 4.78 is 16.9. The van der Waals surface area contributed by atoms with Crippen molar-refractivity contribution in [3.05, 3.63) is 75.9 Å². The lowest BCUT2D eigenvalue weighted by molar-refractivity contribution is -0.121. The average Bonchev–Trinajstić information content (AvgIpc) is 3.68. The third kappa shape index (κ3) is 8.84. The molecule has 274 valence electrons. The van der Waals surface area contributed by atoms with Gasteiger partial charge in [-0.25, -0.2) is 9.59 Å². The zero-order valence-electron chi connectivity index (χ0n) is 28.3. The molecule has 0 aromatic heterocycles. The van der Waals surface area contributed by atoms with Gasteiger partial charge in [0.05, 0.1) is 44.1 Å². The Kier molecular flexibility index (Phi) is 11.9. The predicted octanol–water partition coefficient (Wildman–Crippen LogP) is 3.57. The van der Waals surface area contributed by atoms with Crippen LogP contribution < -0.4 is 26.7 Å². The van der Waals surface area contributed by atoms with Crippen LogP contribution in [0.3, 0.4) is 0 Å². The maximum Gasteiger partial charge on any atom is 0.336 e. The minimum atomic E-state index is -1.25. The summed E-state index contributed by atoms with van der Waals surface area (Å²) in [4.78, 5) is 61.0. The van der Waals surface area contributed by atoms with Gasteiger partial charge in [0.1, 0.15) is 17.1 Å². The van der Waals surface area contributed by atoms with Crippen LogP contribution in [0.5, 0.6) is 5.75 Å². The molecular weight excluding hydrogens is 692 g/mol. The number of unbranched alkanes of at least 4 members (excludes halogenated alkanes) is 1.